The van der Waals surface area contributed by atoms with Crippen molar-refractivity contribution >= 4 is 16.9 Å². The van der Waals surface area contributed by atoms with Gasteiger partial charge in [-0.3, -0.25) is 0 Å². The zero-order valence-electron chi connectivity index (χ0n) is 10.4. The van der Waals surface area contributed by atoms with Gasteiger partial charge in [-0.2, -0.15) is 0 Å². The van der Waals surface area contributed by atoms with E-state index >= 15 is 0 Å². The summed E-state index contributed by atoms with van der Waals surface area (Å²) in [5, 5.41) is 14.5. The summed E-state index contributed by atoms with van der Waals surface area (Å²) in [6.45, 7) is 0.583. The molecule has 0 radical (unpaired) electrons. The quantitative estimate of drug-likeness (QED) is 0.654. The van der Waals surface area contributed by atoms with E-state index in [0.717, 1.165) is 16.5 Å². The maximum absolute atomic E-state index is 13.2. The van der Waals surface area contributed by atoms with Crippen LogP contribution in [0.15, 0.2) is 24.4 Å². The van der Waals surface area contributed by atoms with Crippen LogP contribution < -0.4 is 10.6 Å². The van der Waals surface area contributed by atoms with Crippen molar-refractivity contribution in [3.63, 3.8) is 0 Å². The van der Waals surface area contributed by atoms with Gasteiger partial charge in [0.25, 0.3) is 0 Å². The first-order chi connectivity index (χ1) is 9.20. The minimum atomic E-state index is -0.319. The van der Waals surface area contributed by atoms with E-state index in [9.17, 15) is 9.18 Å². The van der Waals surface area contributed by atoms with Gasteiger partial charge in [0.1, 0.15) is 5.82 Å². The lowest BCUT2D eigenvalue weighted by molar-refractivity contribution is 0.234. The Morgan fingerprint density at radius 2 is 2.11 bits per heavy atom. The molecule has 1 heterocycles. The number of aliphatic hydroxyl groups excluding tert-OH is 1. The Hall–Kier alpha value is -2.08. The number of rotatable bonds is 5. The molecule has 1 aromatic carbocycles. The number of carbonyl (C=O) groups excluding carboxylic acids is 1. The number of aromatic nitrogens is 1. The maximum atomic E-state index is 13.2. The molecule has 0 saturated heterocycles. The van der Waals surface area contributed by atoms with Crippen LogP contribution in [0.1, 0.15) is 5.56 Å². The lowest BCUT2D eigenvalue weighted by atomic mass is 10.1. The number of amides is 2. The van der Waals surface area contributed by atoms with Crippen molar-refractivity contribution in [2.24, 2.45) is 0 Å². The van der Waals surface area contributed by atoms with Gasteiger partial charge >= 0.3 is 6.03 Å². The van der Waals surface area contributed by atoms with Crippen LogP contribution in [0, 0.1) is 5.82 Å². The van der Waals surface area contributed by atoms with E-state index in [1.165, 1.54) is 12.1 Å². The second kappa shape index (κ2) is 6.19. The molecule has 4 N–H and O–H groups in total. The van der Waals surface area contributed by atoms with Crippen LogP contribution >= 0.6 is 0 Å². The van der Waals surface area contributed by atoms with E-state index in [1.807, 2.05) is 6.20 Å². The number of H-pyrrole nitrogens is 1. The monoisotopic (exact) mass is 265 g/mol. The molecule has 0 saturated carbocycles. The third-order valence-corrected chi connectivity index (χ3v) is 2.81. The second-order valence-electron chi connectivity index (χ2n) is 4.16. The summed E-state index contributed by atoms with van der Waals surface area (Å²) in [5.41, 5.74) is 1.83. The minimum Gasteiger partial charge on any atom is -0.395 e. The summed E-state index contributed by atoms with van der Waals surface area (Å²) in [7, 11) is 0. The van der Waals surface area contributed by atoms with Gasteiger partial charge in [0, 0.05) is 30.2 Å². The average Bonchev–Trinajstić information content (AvgIpc) is 2.79. The van der Waals surface area contributed by atoms with Gasteiger partial charge in [0.2, 0.25) is 0 Å². The van der Waals surface area contributed by atoms with Crippen LogP contribution in [0.4, 0.5) is 9.18 Å². The van der Waals surface area contributed by atoms with Gasteiger partial charge in [0.05, 0.1) is 6.61 Å². The Morgan fingerprint density at radius 1 is 1.32 bits per heavy atom. The van der Waals surface area contributed by atoms with Crippen molar-refractivity contribution in [3.05, 3.63) is 35.8 Å². The number of carbonyl (C=O) groups is 1. The van der Waals surface area contributed by atoms with Gasteiger partial charge < -0.3 is 20.7 Å². The molecule has 0 aliphatic heterocycles. The SMILES string of the molecule is O=C(NCCO)NCCc1c[nH]c2ccc(F)cc12. The van der Waals surface area contributed by atoms with E-state index in [-0.39, 0.29) is 25.0 Å². The summed E-state index contributed by atoms with van der Waals surface area (Å²) in [6, 6.07) is 4.26. The lowest BCUT2D eigenvalue weighted by Gasteiger charge is -2.05. The molecule has 102 valence electrons. The smallest absolute Gasteiger partial charge is 0.314 e. The first-order valence-corrected chi connectivity index (χ1v) is 6.09. The zero-order valence-corrected chi connectivity index (χ0v) is 10.4. The number of hydrogen-bond donors (Lipinski definition) is 4. The molecule has 0 spiro atoms. The topological polar surface area (TPSA) is 77.2 Å². The Morgan fingerprint density at radius 3 is 2.89 bits per heavy atom. The minimum absolute atomic E-state index is 0.0881. The maximum Gasteiger partial charge on any atom is 0.314 e. The van der Waals surface area contributed by atoms with Crippen molar-refractivity contribution < 1.29 is 14.3 Å². The lowest BCUT2D eigenvalue weighted by Crippen LogP contribution is -2.37. The molecule has 0 bridgehead atoms. The average molecular weight is 265 g/mol. The Balaban J connectivity index is 1.91. The molecule has 0 aliphatic carbocycles. The number of fused-ring (bicyclic) bond motifs is 1. The van der Waals surface area contributed by atoms with E-state index in [1.54, 1.807) is 6.07 Å². The number of halogens is 1. The fourth-order valence-corrected chi connectivity index (χ4v) is 1.90. The number of nitrogens with one attached hydrogen (secondary N) is 3. The van der Waals surface area contributed by atoms with Gasteiger partial charge in [-0.05, 0) is 30.2 Å². The highest BCUT2D eigenvalue weighted by Gasteiger charge is 2.05. The number of urea groups is 1. The van der Waals surface area contributed by atoms with Crippen LogP contribution in [0.3, 0.4) is 0 Å². The van der Waals surface area contributed by atoms with E-state index < -0.39 is 0 Å². The summed E-state index contributed by atoms with van der Waals surface area (Å²) < 4.78 is 13.2. The number of benzene rings is 1. The highest BCUT2D eigenvalue weighted by molar-refractivity contribution is 5.83. The molecule has 0 aliphatic rings. The molecule has 19 heavy (non-hydrogen) atoms. The molecule has 1 aromatic heterocycles. The van der Waals surface area contributed by atoms with Crippen molar-refractivity contribution in [1.29, 1.82) is 0 Å². The molecule has 2 amide bonds. The predicted molar refractivity (Wildman–Crippen MR) is 70.4 cm³/mol. The van der Waals surface area contributed by atoms with Gasteiger partial charge in [-0.25, -0.2) is 9.18 Å². The first-order valence-electron chi connectivity index (χ1n) is 6.09. The summed E-state index contributed by atoms with van der Waals surface area (Å²) >= 11 is 0. The molecule has 0 fully saturated rings. The molecular weight excluding hydrogens is 249 g/mol. The van der Waals surface area contributed by atoms with Crippen molar-refractivity contribution in [2.75, 3.05) is 19.7 Å². The normalized spacial score (nSPS) is 10.6. The fraction of sp³-hybridized carbons (Fsp3) is 0.308. The van der Waals surface area contributed by atoms with Crippen LogP contribution in [-0.2, 0) is 6.42 Å². The highest BCUT2D eigenvalue weighted by atomic mass is 19.1. The van der Waals surface area contributed by atoms with Crippen molar-refractivity contribution in [1.82, 2.24) is 15.6 Å². The third-order valence-electron chi connectivity index (χ3n) is 2.81. The van der Waals surface area contributed by atoms with E-state index in [4.69, 9.17) is 5.11 Å². The molecular formula is C13H16FN3O2. The summed E-state index contributed by atoms with van der Waals surface area (Å²) in [5.74, 6) is -0.276. The molecule has 0 unspecified atom stereocenters. The van der Waals surface area contributed by atoms with E-state index in [0.29, 0.717) is 13.0 Å². The van der Waals surface area contributed by atoms with Gasteiger partial charge in [-0.15, -0.1) is 0 Å². The molecule has 5 nitrogen and oxygen atoms in total. The molecule has 2 rings (SSSR count). The molecule has 6 heteroatoms. The van der Waals surface area contributed by atoms with Crippen LogP contribution in [0.5, 0.6) is 0 Å². The predicted octanol–water partition coefficient (Wildman–Crippen LogP) is 1.14. The van der Waals surface area contributed by atoms with E-state index in [2.05, 4.69) is 15.6 Å². The number of hydrogen-bond acceptors (Lipinski definition) is 2. The standard InChI is InChI=1S/C13H16FN3O2/c14-10-1-2-12-11(7-10)9(8-17-12)3-4-15-13(19)16-5-6-18/h1-2,7-8,17-18H,3-6H2,(H2,15,16,19). The van der Waals surface area contributed by atoms with Crippen LogP contribution in [0.2, 0.25) is 0 Å². The van der Waals surface area contributed by atoms with Crippen molar-refractivity contribution in [2.45, 2.75) is 6.42 Å². The zero-order chi connectivity index (χ0) is 13.7. The summed E-state index contributed by atoms with van der Waals surface area (Å²) in [4.78, 5) is 14.3. The largest absolute Gasteiger partial charge is 0.395 e. The number of aromatic amines is 1. The molecule has 2 aromatic rings. The number of aliphatic hydroxyl groups is 1. The highest BCUT2D eigenvalue weighted by Crippen LogP contribution is 2.19. The van der Waals surface area contributed by atoms with Gasteiger partial charge in [0.15, 0.2) is 0 Å². The Kier molecular flexibility index (Phi) is 4.35. The Bertz CT molecular complexity index is 568. The fourth-order valence-electron chi connectivity index (χ4n) is 1.90. The Labute approximate surface area is 109 Å². The van der Waals surface area contributed by atoms with Crippen LogP contribution in [-0.4, -0.2) is 35.8 Å². The van der Waals surface area contributed by atoms with Crippen LogP contribution in [0.25, 0.3) is 10.9 Å². The third kappa shape index (κ3) is 3.45. The summed E-state index contributed by atoms with van der Waals surface area (Å²) in [6.07, 6.45) is 2.42. The van der Waals surface area contributed by atoms with Gasteiger partial charge in [-0.1, -0.05) is 0 Å². The molecule has 0 atom stereocenters. The second-order valence-corrected chi connectivity index (χ2v) is 4.16. The van der Waals surface area contributed by atoms with Crippen molar-refractivity contribution in [3.8, 4) is 0 Å². The first kappa shape index (κ1) is 13.4.